The van der Waals surface area contributed by atoms with E-state index < -0.39 is 16.1 Å². The summed E-state index contributed by atoms with van der Waals surface area (Å²) in [7, 11) is -3.51. The van der Waals surface area contributed by atoms with E-state index in [1.807, 2.05) is 31.2 Å². The van der Waals surface area contributed by atoms with Crippen LogP contribution in [-0.4, -0.2) is 73.1 Å². The van der Waals surface area contributed by atoms with Crippen molar-refractivity contribution in [1.29, 1.82) is 0 Å². The molecule has 2 aromatic rings. The summed E-state index contributed by atoms with van der Waals surface area (Å²) in [6, 6.07) is 10.9. The summed E-state index contributed by atoms with van der Waals surface area (Å²) >= 11 is 0. The van der Waals surface area contributed by atoms with Gasteiger partial charge in [-0.15, -0.1) is 0 Å². The van der Waals surface area contributed by atoms with Crippen LogP contribution in [-0.2, 0) is 10.0 Å². The number of aromatic nitrogens is 1. The summed E-state index contributed by atoms with van der Waals surface area (Å²) in [6.45, 7) is 4.54. The van der Waals surface area contributed by atoms with Crippen molar-refractivity contribution < 1.29 is 18.3 Å². The monoisotopic (exact) mass is 391 g/mol. The molecule has 0 saturated carbocycles. The fraction of sp³-hybridized carbons (Fsp3) is 0.421. The molecule has 1 aliphatic heterocycles. The Morgan fingerprint density at radius 1 is 1.15 bits per heavy atom. The van der Waals surface area contributed by atoms with Crippen LogP contribution in [0.4, 0.5) is 0 Å². The first-order valence-electron chi connectivity index (χ1n) is 8.96. The molecule has 7 nitrogen and oxygen atoms in total. The first kappa shape index (κ1) is 19.8. The topological polar surface area (TPSA) is 83.0 Å². The van der Waals surface area contributed by atoms with Crippen molar-refractivity contribution in [1.82, 2.24) is 14.2 Å². The van der Waals surface area contributed by atoms with E-state index in [1.54, 1.807) is 18.3 Å². The molecule has 1 N–H and O–H groups in total. The van der Waals surface area contributed by atoms with Crippen LogP contribution in [0.15, 0.2) is 53.7 Å². The van der Waals surface area contributed by atoms with Gasteiger partial charge in [-0.05, 0) is 30.7 Å². The van der Waals surface area contributed by atoms with Gasteiger partial charge < -0.3 is 9.84 Å². The van der Waals surface area contributed by atoms with Gasteiger partial charge in [0.1, 0.15) is 23.4 Å². The number of sulfonamides is 1. The van der Waals surface area contributed by atoms with Crippen LogP contribution in [0.25, 0.3) is 0 Å². The predicted octanol–water partition coefficient (Wildman–Crippen LogP) is 1.14. The van der Waals surface area contributed by atoms with E-state index >= 15 is 0 Å². The van der Waals surface area contributed by atoms with Crippen molar-refractivity contribution in [3.05, 3.63) is 54.4 Å². The number of para-hydroxylation sites is 1. The molecule has 1 aromatic carbocycles. The third-order valence-electron chi connectivity index (χ3n) is 4.60. The fourth-order valence-electron chi connectivity index (χ4n) is 3.06. The van der Waals surface area contributed by atoms with Crippen LogP contribution >= 0.6 is 0 Å². The molecule has 0 bridgehead atoms. The Labute approximate surface area is 160 Å². The number of piperazine rings is 1. The average Bonchev–Trinajstić information content (AvgIpc) is 2.68. The van der Waals surface area contributed by atoms with Crippen molar-refractivity contribution in [2.75, 3.05) is 39.3 Å². The zero-order chi connectivity index (χ0) is 19.3. The number of ether oxygens (including phenoxy) is 1. The molecule has 27 heavy (non-hydrogen) atoms. The number of pyridine rings is 1. The van der Waals surface area contributed by atoms with Crippen LogP contribution in [0.2, 0.25) is 0 Å². The summed E-state index contributed by atoms with van der Waals surface area (Å²) < 4.78 is 32.4. The van der Waals surface area contributed by atoms with Crippen molar-refractivity contribution in [3.8, 4) is 5.75 Å². The van der Waals surface area contributed by atoms with E-state index in [2.05, 4.69) is 9.88 Å². The molecular formula is C19H25N3O4S. The standard InChI is InChI=1S/C19H25N3O4S/c1-16-5-2-3-7-19(16)26-15-17(23)14-21-9-11-22(12-10-21)27(24,25)18-6-4-8-20-13-18/h2-8,13,17,23H,9-12,14-15H2,1H3. The number of nitrogens with zero attached hydrogens (tertiary/aromatic N) is 3. The number of aliphatic hydroxyl groups is 1. The van der Waals surface area contributed by atoms with E-state index in [0.717, 1.165) is 11.3 Å². The first-order chi connectivity index (χ1) is 13.0. The lowest BCUT2D eigenvalue weighted by Gasteiger charge is -2.34. The van der Waals surface area contributed by atoms with Crippen LogP contribution in [0.5, 0.6) is 5.75 Å². The van der Waals surface area contributed by atoms with Gasteiger partial charge in [-0.3, -0.25) is 9.88 Å². The molecule has 1 aromatic heterocycles. The number of benzene rings is 1. The number of hydrogen-bond acceptors (Lipinski definition) is 6. The second-order valence-electron chi connectivity index (χ2n) is 6.62. The number of aryl methyl sites for hydroxylation is 1. The Hall–Kier alpha value is -2.00. The van der Waals surface area contributed by atoms with Crippen molar-refractivity contribution in [2.24, 2.45) is 0 Å². The maximum absolute atomic E-state index is 12.6. The van der Waals surface area contributed by atoms with Crippen LogP contribution in [0, 0.1) is 6.92 Å². The summed E-state index contributed by atoms with van der Waals surface area (Å²) in [6.07, 6.45) is 2.29. The summed E-state index contributed by atoms with van der Waals surface area (Å²) in [5.74, 6) is 0.768. The zero-order valence-corrected chi connectivity index (χ0v) is 16.2. The second-order valence-corrected chi connectivity index (χ2v) is 8.56. The van der Waals surface area contributed by atoms with E-state index in [1.165, 1.54) is 10.5 Å². The predicted molar refractivity (Wildman–Crippen MR) is 102 cm³/mol. The van der Waals surface area contributed by atoms with Gasteiger partial charge in [0.2, 0.25) is 10.0 Å². The summed E-state index contributed by atoms with van der Waals surface area (Å²) in [5, 5.41) is 10.3. The minimum Gasteiger partial charge on any atom is -0.491 e. The molecular weight excluding hydrogens is 366 g/mol. The lowest BCUT2D eigenvalue weighted by molar-refractivity contribution is 0.0567. The van der Waals surface area contributed by atoms with Gasteiger partial charge >= 0.3 is 0 Å². The van der Waals surface area contributed by atoms with Crippen molar-refractivity contribution >= 4 is 10.0 Å². The number of hydrogen-bond donors (Lipinski definition) is 1. The van der Waals surface area contributed by atoms with E-state index in [9.17, 15) is 13.5 Å². The Kier molecular flexibility index (Phi) is 6.43. The third kappa shape index (κ3) is 5.04. The lowest BCUT2D eigenvalue weighted by Crippen LogP contribution is -2.50. The smallest absolute Gasteiger partial charge is 0.244 e. The highest BCUT2D eigenvalue weighted by atomic mass is 32.2. The number of rotatable bonds is 7. The van der Waals surface area contributed by atoms with Gasteiger partial charge in [0.15, 0.2) is 0 Å². The van der Waals surface area contributed by atoms with Gasteiger partial charge in [0.25, 0.3) is 0 Å². The highest BCUT2D eigenvalue weighted by molar-refractivity contribution is 7.89. The maximum Gasteiger partial charge on any atom is 0.244 e. The van der Waals surface area contributed by atoms with E-state index in [0.29, 0.717) is 32.7 Å². The fourth-order valence-corrected chi connectivity index (χ4v) is 4.44. The number of aliphatic hydroxyl groups excluding tert-OH is 1. The highest BCUT2D eigenvalue weighted by Gasteiger charge is 2.29. The van der Waals surface area contributed by atoms with Gasteiger partial charge in [-0.1, -0.05) is 18.2 Å². The Bertz CT molecular complexity index is 837. The molecule has 0 amide bonds. The van der Waals surface area contributed by atoms with Crippen molar-refractivity contribution in [3.63, 3.8) is 0 Å². The van der Waals surface area contributed by atoms with Crippen molar-refractivity contribution in [2.45, 2.75) is 17.9 Å². The summed E-state index contributed by atoms with van der Waals surface area (Å²) in [5.41, 5.74) is 1.03. The largest absolute Gasteiger partial charge is 0.491 e. The van der Waals surface area contributed by atoms with Gasteiger partial charge in [0, 0.05) is 45.1 Å². The molecule has 8 heteroatoms. The minimum atomic E-state index is -3.51. The molecule has 2 heterocycles. The Morgan fingerprint density at radius 3 is 2.56 bits per heavy atom. The van der Waals surface area contributed by atoms with Crippen LogP contribution in [0.3, 0.4) is 0 Å². The summed E-state index contributed by atoms with van der Waals surface area (Å²) in [4.78, 5) is 6.16. The molecule has 1 atom stereocenters. The molecule has 0 radical (unpaired) electrons. The van der Waals surface area contributed by atoms with Gasteiger partial charge in [-0.2, -0.15) is 4.31 Å². The molecule has 1 saturated heterocycles. The lowest BCUT2D eigenvalue weighted by atomic mass is 10.2. The zero-order valence-electron chi connectivity index (χ0n) is 15.4. The van der Waals surface area contributed by atoms with E-state index in [-0.39, 0.29) is 11.5 Å². The first-order valence-corrected chi connectivity index (χ1v) is 10.4. The molecule has 1 fully saturated rings. The molecule has 1 unspecified atom stereocenters. The Morgan fingerprint density at radius 2 is 1.89 bits per heavy atom. The maximum atomic E-state index is 12.6. The normalized spacial score (nSPS) is 17.6. The van der Waals surface area contributed by atoms with Crippen LogP contribution in [0.1, 0.15) is 5.56 Å². The average molecular weight is 391 g/mol. The molecule has 3 rings (SSSR count). The third-order valence-corrected chi connectivity index (χ3v) is 6.48. The van der Waals surface area contributed by atoms with E-state index in [4.69, 9.17) is 4.74 Å². The quantitative estimate of drug-likeness (QED) is 0.762. The van der Waals surface area contributed by atoms with Crippen LogP contribution < -0.4 is 4.74 Å². The minimum absolute atomic E-state index is 0.207. The number of β-amino-alcohol motifs (C(OH)–C–C–N with tert-alkyl or cyclic N) is 1. The second kappa shape index (κ2) is 8.79. The molecule has 146 valence electrons. The van der Waals surface area contributed by atoms with Gasteiger partial charge in [-0.25, -0.2) is 8.42 Å². The molecule has 1 aliphatic rings. The Balaban J connectivity index is 1.47. The molecule has 0 aliphatic carbocycles. The van der Waals surface area contributed by atoms with Gasteiger partial charge in [0.05, 0.1) is 0 Å². The molecule has 0 spiro atoms. The highest BCUT2D eigenvalue weighted by Crippen LogP contribution is 2.18. The SMILES string of the molecule is Cc1ccccc1OCC(O)CN1CCN(S(=O)(=O)c2cccnc2)CC1.